The van der Waals surface area contributed by atoms with Crippen molar-refractivity contribution in [3.63, 3.8) is 0 Å². The first-order valence-corrected chi connectivity index (χ1v) is 10.2. The van der Waals surface area contributed by atoms with Gasteiger partial charge in [0.15, 0.2) is 0 Å². The van der Waals surface area contributed by atoms with Gasteiger partial charge in [-0.1, -0.05) is 24.3 Å². The topological polar surface area (TPSA) is 78.8 Å². The molecule has 6 nitrogen and oxygen atoms in total. The van der Waals surface area contributed by atoms with Gasteiger partial charge in [-0.15, -0.1) is 0 Å². The Morgan fingerprint density at radius 2 is 1.75 bits per heavy atom. The fourth-order valence-corrected chi connectivity index (χ4v) is 5.03. The first-order valence-electron chi connectivity index (χ1n) is 8.74. The maximum atomic E-state index is 13.9. The fourth-order valence-electron chi connectivity index (χ4n) is 3.52. The lowest BCUT2D eigenvalue weighted by molar-refractivity contribution is -0.115. The lowest BCUT2D eigenvalue weighted by Gasteiger charge is -2.36. The van der Waals surface area contributed by atoms with Crippen molar-refractivity contribution >= 4 is 21.6 Å². The Morgan fingerprint density at radius 3 is 2.43 bits per heavy atom. The normalized spacial score (nSPS) is 19.5. The number of benzene rings is 2. The van der Waals surface area contributed by atoms with E-state index in [0.717, 1.165) is 6.07 Å². The molecule has 0 unspecified atom stereocenters. The van der Waals surface area contributed by atoms with E-state index in [4.69, 9.17) is 0 Å². The minimum absolute atomic E-state index is 0.0802. The number of carbonyl (C=O) groups is 1. The van der Waals surface area contributed by atoms with Crippen LogP contribution in [0.5, 0.6) is 0 Å². The van der Waals surface area contributed by atoms with Crippen molar-refractivity contribution in [1.82, 2.24) is 9.62 Å². The van der Waals surface area contributed by atoms with E-state index in [1.807, 2.05) is 0 Å². The number of sulfonamides is 1. The Bertz CT molecular complexity index is 1080. The highest BCUT2D eigenvalue weighted by atomic mass is 32.2. The third kappa shape index (κ3) is 3.20. The molecule has 2 aliphatic rings. The second-order valence-electron chi connectivity index (χ2n) is 6.79. The highest BCUT2D eigenvalue weighted by Crippen LogP contribution is 2.31. The second kappa shape index (κ2) is 6.75. The van der Waals surface area contributed by atoms with Gasteiger partial charge < -0.3 is 5.32 Å². The molecule has 1 spiro atoms. The molecule has 0 saturated carbocycles. The van der Waals surface area contributed by atoms with Crippen LogP contribution in [-0.4, -0.2) is 43.1 Å². The van der Waals surface area contributed by atoms with Gasteiger partial charge >= 0.3 is 0 Å². The zero-order chi connectivity index (χ0) is 19.9. The molecule has 146 valence electrons. The Morgan fingerprint density at radius 1 is 1.04 bits per heavy atom. The number of hydrogen-bond donors (Lipinski definition) is 1. The number of hydrogen-bond acceptors (Lipinski definition) is 4. The van der Waals surface area contributed by atoms with Gasteiger partial charge in [0.1, 0.15) is 27.9 Å². The highest BCUT2D eigenvalue weighted by Gasteiger charge is 2.44. The summed E-state index contributed by atoms with van der Waals surface area (Å²) in [4.78, 5) is 16.5. The van der Waals surface area contributed by atoms with Crippen LogP contribution in [0, 0.1) is 11.6 Å². The van der Waals surface area contributed by atoms with Gasteiger partial charge in [-0.3, -0.25) is 9.79 Å². The monoisotopic (exact) mass is 405 g/mol. The van der Waals surface area contributed by atoms with Crippen LogP contribution in [0.4, 0.5) is 8.78 Å². The predicted octanol–water partition coefficient (Wildman–Crippen LogP) is 2.06. The summed E-state index contributed by atoms with van der Waals surface area (Å²) in [6, 6.07) is 10.8. The van der Waals surface area contributed by atoms with Crippen LogP contribution in [0.15, 0.2) is 58.4 Å². The third-order valence-electron chi connectivity index (χ3n) is 4.99. The molecule has 9 heteroatoms. The lowest BCUT2D eigenvalue weighted by atomic mass is 10.00. The van der Waals surface area contributed by atoms with Crippen molar-refractivity contribution in [2.75, 3.05) is 13.1 Å². The standard InChI is InChI=1S/C19H17F2N3O3S/c20-14-5-3-4-13(12-14)17-18(25)23-19(22-17)8-10-24(11-9-19)28(26,27)16-7-2-1-6-15(16)21/h1-7,12H,8-11H2,(H,23,25). The van der Waals surface area contributed by atoms with E-state index in [1.165, 1.54) is 40.7 Å². The molecule has 28 heavy (non-hydrogen) atoms. The quantitative estimate of drug-likeness (QED) is 0.849. The highest BCUT2D eigenvalue weighted by molar-refractivity contribution is 7.89. The number of aliphatic imine (C=N–C) groups is 1. The van der Waals surface area contributed by atoms with E-state index >= 15 is 0 Å². The molecule has 2 aromatic rings. The number of nitrogens with zero attached hydrogens (tertiary/aromatic N) is 2. The van der Waals surface area contributed by atoms with Gasteiger partial charge in [-0.25, -0.2) is 17.2 Å². The summed E-state index contributed by atoms with van der Waals surface area (Å²) in [6.45, 7) is 0.160. The summed E-state index contributed by atoms with van der Waals surface area (Å²) in [5, 5.41) is 2.80. The van der Waals surface area contributed by atoms with Gasteiger partial charge in [0.05, 0.1) is 0 Å². The maximum Gasteiger partial charge on any atom is 0.272 e. The van der Waals surface area contributed by atoms with E-state index in [1.54, 1.807) is 6.07 Å². The van der Waals surface area contributed by atoms with Crippen molar-refractivity contribution in [3.8, 4) is 0 Å². The number of halogens is 2. The summed E-state index contributed by atoms with van der Waals surface area (Å²) in [7, 11) is -3.98. The first kappa shape index (κ1) is 18.7. The molecule has 1 amide bonds. The maximum absolute atomic E-state index is 13.9. The SMILES string of the molecule is O=C1NC2(CCN(S(=O)(=O)c3ccccc3F)CC2)N=C1c1cccc(F)c1. The molecule has 0 aliphatic carbocycles. The number of rotatable bonds is 3. The first-order chi connectivity index (χ1) is 13.3. The minimum atomic E-state index is -3.98. The average molecular weight is 405 g/mol. The number of nitrogens with one attached hydrogen (secondary N) is 1. The van der Waals surface area contributed by atoms with Gasteiger partial charge in [0.25, 0.3) is 5.91 Å². The number of piperidine rings is 1. The van der Waals surface area contributed by atoms with Crippen LogP contribution in [0.1, 0.15) is 18.4 Å². The number of amides is 1. The van der Waals surface area contributed by atoms with Crippen molar-refractivity contribution in [2.24, 2.45) is 4.99 Å². The lowest BCUT2D eigenvalue weighted by Crippen LogP contribution is -2.52. The molecule has 0 bridgehead atoms. The molecular weight excluding hydrogens is 388 g/mol. The largest absolute Gasteiger partial charge is 0.326 e. The Labute approximate surface area is 160 Å². The molecule has 2 aliphatic heterocycles. The van der Waals surface area contributed by atoms with Crippen LogP contribution >= 0.6 is 0 Å². The van der Waals surface area contributed by atoms with E-state index in [2.05, 4.69) is 10.3 Å². The summed E-state index contributed by atoms with van der Waals surface area (Å²) in [5.41, 5.74) is -0.430. The average Bonchev–Trinajstić information content (AvgIpc) is 2.98. The summed E-state index contributed by atoms with van der Waals surface area (Å²) < 4.78 is 54.0. The van der Waals surface area contributed by atoms with Crippen LogP contribution < -0.4 is 5.32 Å². The molecule has 0 atom stereocenters. The van der Waals surface area contributed by atoms with Gasteiger partial charge in [0, 0.05) is 31.5 Å². The molecule has 1 N–H and O–H groups in total. The Hall–Kier alpha value is -2.65. The summed E-state index contributed by atoms with van der Waals surface area (Å²) >= 11 is 0. The minimum Gasteiger partial charge on any atom is -0.326 e. The zero-order valence-electron chi connectivity index (χ0n) is 14.7. The van der Waals surface area contributed by atoms with Crippen LogP contribution in [0.25, 0.3) is 0 Å². The van der Waals surface area contributed by atoms with Crippen molar-refractivity contribution in [1.29, 1.82) is 0 Å². The van der Waals surface area contributed by atoms with E-state index < -0.39 is 33.2 Å². The zero-order valence-corrected chi connectivity index (χ0v) is 15.5. The molecule has 2 aromatic carbocycles. The van der Waals surface area contributed by atoms with Crippen LogP contribution in [0.3, 0.4) is 0 Å². The third-order valence-corrected chi connectivity index (χ3v) is 6.92. The molecular formula is C19H17F2N3O3S. The van der Waals surface area contributed by atoms with Crippen LogP contribution in [-0.2, 0) is 14.8 Å². The fraction of sp³-hybridized carbons (Fsp3) is 0.263. The number of carbonyl (C=O) groups excluding carboxylic acids is 1. The predicted molar refractivity (Wildman–Crippen MR) is 98.2 cm³/mol. The molecule has 0 radical (unpaired) electrons. The van der Waals surface area contributed by atoms with E-state index in [-0.39, 0.29) is 36.5 Å². The molecule has 1 saturated heterocycles. The Balaban J connectivity index is 1.56. The molecule has 0 aromatic heterocycles. The van der Waals surface area contributed by atoms with Crippen molar-refractivity contribution in [3.05, 3.63) is 65.7 Å². The Kier molecular flexibility index (Phi) is 4.51. The van der Waals surface area contributed by atoms with Crippen LogP contribution in [0.2, 0.25) is 0 Å². The molecule has 1 fully saturated rings. The summed E-state index contributed by atoms with van der Waals surface area (Å²) in [5.74, 6) is -1.70. The van der Waals surface area contributed by atoms with Crippen molar-refractivity contribution < 1.29 is 22.0 Å². The van der Waals surface area contributed by atoms with Gasteiger partial charge in [-0.05, 0) is 24.3 Å². The van der Waals surface area contributed by atoms with Crippen molar-refractivity contribution in [2.45, 2.75) is 23.4 Å². The summed E-state index contributed by atoms with van der Waals surface area (Å²) in [6.07, 6.45) is 0.483. The molecule has 4 rings (SSSR count). The van der Waals surface area contributed by atoms with Gasteiger partial charge in [-0.2, -0.15) is 4.31 Å². The van der Waals surface area contributed by atoms with E-state index in [0.29, 0.717) is 5.56 Å². The van der Waals surface area contributed by atoms with Gasteiger partial charge in [0.2, 0.25) is 10.0 Å². The molecule has 2 heterocycles. The van der Waals surface area contributed by atoms with E-state index in [9.17, 15) is 22.0 Å². The second-order valence-corrected chi connectivity index (χ2v) is 8.70. The smallest absolute Gasteiger partial charge is 0.272 e.